The Labute approximate surface area is 152 Å². The van der Waals surface area contributed by atoms with E-state index >= 15 is 0 Å². The number of hydrogen-bond donors (Lipinski definition) is 0. The minimum Gasteiger partial charge on any atom is -0.494 e. The van der Waals surface area contributed by atoms with E-state index in [4.69, 9.17) is 4.74 Å². The largest absolute Gasteiger partial charge is 0.494 e. The molecule has 0 aliphatic carbocycles. The third-order valence-electron chi connectivity index (χ3n) is 3.58. The van der Waals surface area contributed by atoms with Gasteiger partial charge in [-0.05, 0) is 48.8 Å². The van der Waals surface area contributed by atoms with Crippen molar-refractivity contribution in [1.29, 1.82) is 0 Å². The molecule has 2 aromatic carbocycles. The van der Waals surface area contributed by atoms with Crippen LogP contribution in [0, 0.1) is 6.92 Å². The third kappa shape index (κ3) is 6.70. The van der Waals surface area contributed by atoms with E-state index in [-0.39, 0.29) is 0 Å². The van der Waals surface area contributed by atoms with Gasteiger partial charge in [-0.25, -0.2) is 0 Å². The highest BCUT2D eigenvalue weighted by molar-refractivity contribution is 7.99. The van der Waals surface area contributed by atoms with Gasteiger partial charge >= 0.3 is 0 Å². The summed E-state index contributed by atoms with van der Waals surface area (Å²) in [7, 11) is -0.825. The third-order valence-corrected chi connectivity index (χ3v) is 6.34. The topological polar surface area (TPSA) is 26.3 Å². The first-order chi connectivity index (χ1) is 11.7. The maximum absolute atomic E-state index is 12.1. The Kier molecular flexibility index (Phi) is 8.40. The first kappa shape index (κ1) is 19.1. The summed E-state index contributed by atoms with van der Waals surface area (Å²) in [4.78, 5) is 1.29. The number of hydrogen-bond acceptors (Lipinski definition) is 3. The molecule has 0 radical (unpaired) electrons. The molecule has 2 aromatic rings. The van der Waals surface area contributed by atoms with Crippen molar-refractivity contribution in [2.75, 3.05) is 18.1 Å². The summed E-state index contributed by atoms with van der Waals surface area (Å²) < 4.78 is 17.9. The predicted octanol–water partition coefficient (Wildman–Crippen LogP) is 5.21. The van der Waals surface area contributed by atoms with Gasteiger partial charge in [-0.2, -0.15) is 0 Å². The highest BCUT2D eigenvalue weighted by atomic mass is 32.2. The van der Waals surface area contributed by atoms with Crippen molar-refractivity contribution in [1.82, 2.24) is 0 Å². The van der Waals surface area contributed by atoms with E-state index in [0.717, 1.165) is 23.5 Å². The average molecular weight is 363 g/mol. The van der Waals surface area contributed by atoms with Crippen LogP contribution in [0.1, 0.15) is 30.9 Å². The fraction of sp³-hybridized carbons (Fsp3) is 0.400. The first-order valence-electron chi connectivity index (χ1n) is 8.44. The van der Waals surface area contributed by atoms with Crippen molar-refractivity contribution in [3.8, 4) is 5.75 Å². The normalized spacial score (nSPS) is 12.1. The molecule has 24 heavy (non-hydrogen) atoms. The van der Waals surface area contributed by atoms with E-state index in [1.807, 2.05) is 48.2 Å². The maximum atomic E-state index is 12.1. The van der Waals surface area contributed by atoms with Crippen molar-refractivity contribution >= 4 is 22.6 Å². The van der Waals surface area contributed by atoms with Gasteiger partial charge in [0, 0.05) is 27.2 Å². The second kappa shape index (κ2) is 10.6. The van der Waals surface area contributed by atoms with Crippen LogP contribution in [0.2, 0.25) is 0 Å². The zero-order valence-electron chi connectivity index (χ0n) is 14.5. The molecule has 0 saturated heterocycles. The Morgan fingerprint density at radius 2 is 1.92 bits per heavy atom. The van der Waals surface area contributed by atoms with Gasteiger partial charge < -0.3 is 4.74 Å². The zero-order chi connectivity index (χ0) is 17.2. The fourth-order valence-corrected chi connectivity index (χ4v) is 4.35. The van der Waals surface area contributed by atoms with Gasteiger partial charge in [-0.1, -0.05) is 43.3 Å². The summed E-state index contributed by atoms with van der Waals surface area (Å²) in [5, 5.41) is 0. The van der Waals surface area contributed by atoms with E-state index in [1.54, 1.807) is 0 Å². The molecular formula is C20H26O2S2. The van der Waals surface area contributed by atoms with Crippen LogP contribution in [-0.4, -0.2) is 22.3 Å². The van der Waals surface area contributed by atoms with Crippen LogP contribution in [0.3, 0.4) is 0 Å². The molecule has 1 atom stereocenters. The average Bonchev–Trinajstić information content (AvgIpc) is 2.59. The molecule has 2 nitrogen and oxygen atoms in total. The van der Waals surface area contributed by atoms with Crippen LogP contribution < -0.4 is 4.74 Å². The summed E-state index contributed by atoms with van der Waals surface area (Å²) in [5.74, 6) is 3.34. The van der Waals surface area contributed by atoms with Crippen LogP contribution in [-0.2, 0) is 16.6 Å². The van der Waals surface area contributed by atoms with Gasteiger partial charge in [0.25, 0.3) is 0 Å². The Morgan fingerprint density at radius 3 is 2.67 bits per heavy atom. The number of benzene rings is 2. The quantitative estimate of drug-likeness (QED) is 0.428. The van der Waals surface area contributed by atoms with Crippen molar-refractivity contribution in [2.45, 2.75) is 37.3 Å². The highest BCUT2D eigenvalue weighted by Crippen LogP contribution is 2.27. The van der Waals surface area contributed by atoms with Crippen LogP contribution in [0.5, 0.6) is 5.75 Å². The molecule has 0 spiro atoms. The lowest BCUT2D eigenvalue weighted by atomic mass is 10.2. The molecule has 0 N–H and O–H groups in total. The van der Waals surface area contributed by atoms with Crippen molar-refractivity contribution in [3.05, 3.63) is 59.7 Å². The molecule has 0 amide bonds. The van der Waals surface area contributed by atoms with Gasteiger partial charge in [0.1, 0.15) is 5.75 Å². The molecule has 0 aliphatic heterocycles. The predicted molar refractivity (Wildman–Crippen MR) is 105 cm³/mol. The molecule has 130 valence electrons. The summed E-state index contributed by atoms with van der Waals surface area (Å²) in [6.45, 7) is 4.94. The number of rotatable bonds is 10. The number of ether oxygens (including phenoxy) is 1. The monoisotopic (exact) mass is 362 g/mol. The fourth-order valence-electron chi connectivity index (χ4n) is 2.28. The summed E-state index contributed by atoms with van der Waals surface area (Å²) in [5.41, 5.74) is 2.43. The van der Waals surface area contributed by atoms with Gasteiger partial charge in [-0.15, -0.1) is 11.8 Å². The van der Waals surface area contributed by atoms with E-state index < -0.39 is 10.8 Å². The second-order valence-corrected chi connectivity index (χ2v) is 8.46. The lowest BCUT2D eigenvalue weighted by Gasteiger charge is -2.10. The Bertz CT molecular complexity index is 641. The number of aryl methyl sites for hydroxylation is 1. The Hall–Kier alpha value is -1.26. The Balaban J connectivity index is 1.73. The second-order valence-electron chi connectivity index (χ2n) is 5.75. The van der Waals surface area contributed by atoms with Crippen LogP contribution in [0.15, 0.2) is 53.4 Å². The number of thioether (sulfide) groups is 1. The minimum atomic E-state index is -0.825. The van der Waals surface area contributed by atoms with E-state index in [2.05, 4.69) is 26.0 Å². The lowest BCUT2D eigenvalue weighted by Crippen LogP contribution is -2.06. The standard InChI is InChI=1S/C20H26O2S2/c1-3-13-23-20-15-19(11-10-17(20)2)22-12-7-14-24(21)16-18-8-5-4-6-9-18/h4-6,8-11,15H,3,7,12-14,16H2,1-2H3. The highest BCUT2D eigenvalue weighted by Gasteiger charge is 2.04. The summed E-state index contributed by atoms with van der Waals surface area (Å²) >= 11 is 1.88. The van der Waals surface area contributed by atoms with Crippen molar-refractivity contribution in [3.63, 3.8) is 0 Å². The smallest absolute Gasteiger partial charge is 0.120 e. The molecule has 2 rings (SSSR count). The molecular weight excluding hydrogens is 336 g/mol. The molecule has 1 unspecified atom stereocenters. The van der Waals surface area contributed by atoms with Crippen molar-refractivity contribution < 1.29 is 8.95 Å². The van der Waals surface area contributed by atoms with Crippen LogP contribution in [0.4, 0.5) is 0 Å². The first-order valence-corrected chi connectivity index (χ1v) is 10.9. The molecule has 0 aliphatic rings. The van der Waals surface area contributed by atoms with Gasteiger partial charge in [0.05, 0.1) is 6.61 Å². The van der Waals surface area contributed by atoms with Crippen molar-refractivity contribution in [2.24, 2.45) is 0 Å². The lowest BCUT2D eigenvalue weighted by molar-refractivity contribution is 0.317. The maximum Gasteiger partial charge on any atom is 0.120 e. The summed E-state index contributed by atoms with van der Waals surface area (Å²) in [6.07, 6.45) is 1.98. The van der Waals surface area contributed by atoms with E-state index in [1.165, 1.54) is 16.9 Å². The summed E-state index contributed by atoms with van der Waals surface area (Å²) in [6, 6.07) is 16.3. The van der Waals surface area contributed by atoms with E-state index in [0.29, 0.717) is 18.1 Å². The zero-order valence-corrected chi connectivity index (χ0v) is 16.1. The van der Waals surface area contributed by atoms with Crippen LogP contribution >= 0.6 is 11.8 Å². The van der Waals surface area contributed by atoms with Gasteiger partial charge in [-0.3, -0.25) is 4.21 Å². The molecule has 0 bridgehead atoms. The minimum absolute atomic E-state index is 0.613. The molecule has 4 heteroatoms. The molecule has 0 heterocycles. The van der Waals surface area contributed by atoms with Crippen LogP contribution in [0.25, 0.3) is 0 Å². The Morgan fingerprint density at radius 1 is 1.12 bits per heavy atom. The van der Waals surface area contributed by atoms with Gasteiger partial charge in [0.15, 0.2) is 0 Å². The molecule has 0 aromatic heterocycles. The van der Waals surface area contributed by atoms with Gasteiger partial charge in [0.2, 0.25) is 0 Å². The SMILES string of the molecule is CCCSc1cc(OCCCS(=O)Cc2ccccc2)ccc1C. The molecule has 0 fully saturated rings. The van der Waals surface area contributed by atoms with E-state index in [9.17, 15) is 4.21 Å². The molecule has 0 saturated carbocycles.